The number of hydrogen-bond donors (Lipinski definition) is 3. The van der Waals surface area contributed by atoms with Crippen molar-refractivity contribution in [2.24, 2.45) is 10.8 Å². The topological polar surface area (TPSA) is 117 Å². The van der Waals surface area contributed by atoms with Crippen molar-refractivity contribution in [3.8, 4) is 17.6 Å². The number of benzene rings is 1. The number of rotatable bonds is 6. The Balaban J connectivity index is 2.94. The summed E-state index contributed by atoms with van der Waals surface area (Å²) >= 11 is 0. The molecule has 0 aromatic heterocycles. The molecular formula is C11H11F2N5O2. The minimum Gasteiger partial charge on any atom is -0.493 e. The van der Waals surface area contributed by atoms with Crippen LogP contribution in [0.25, 0.3) is 0 Å². The number of hydrogen-bond acceptors (Lipinski definition) is 6. The molecule has 0 amide bonds. The van der Waals surface area contributed by atoms with Crippen LogP contribution < -0.4 is 20.6 Å². The standard InChI is InChI=1S/C11H11F2N5O2/c1-19-9-4-6(2-3-8(9)20-11(12)13)17-18-7(5-14)10(15)16/h2-4,11,17H,1H3,(H3,15,16)/b18-7+. The number of nitriles is 1. The maximum atomic E-state index is 12.1. The van der Waals surface area contributed by atoms with Crippen molar-refractivity contribution in [2.45, 2.75) is 6.61 Å². The molecule has 1 rings (SSSR count). The number of nitrogens with two attached hydrogens (primary N) is 1. The second-order valence-corrected chi connectivity index (χ2v) is 3.34. The first-order chi connectivity index (χ1) is 9.47. The Hall–Kier alpha value is -2.89. The molecule has 0 aliphatic rings. The molecule has 0 saturated heterocycles. The number of nitrogens with zero attached hydrogens (tertiary/aromatic N) is 2. The Labute approximate surface area is 113 Å². The molecule has 7 nitrogen and oxygen atoms in total. The summed E-state index contributed by atoms with van der Waals surface area (Å²) in [7, 11) is 1.29. The van der Waals surface area contributed by atoms with Crippen molar-refractivity contribution in [2.75, 3.05) is 12.5 Å². The fourth-order valence-corrected chi connectivity index (χ4v) is 1.20. The summed E-state index contributed by atoms with van der Waals surface area (Å²) in [5, 5.41) is 19.3. The number of nitrogens with one attached hydrogen (secondary N) is 2. The van der Waals surface area contributed by atoms with Gasteiger partial charge in [0.1, 0.15) is 6.07 Å². The smallest absolute Gasteiger partial charge is 0.387 e. The van der Waals surface area contributed by atoms with Gasteiger partial charge in [-0.2, -0.15) is 19.1 Å². The molecular weight excluding hydrogens is 272 g/mol. The van der Waals surface area contributed by atoms with Crippen LogP contribution >= 0.6 is 0 Å². The van der Waals surface area contributed by atoms with E-state index in [2.05, 4.69) is 15.3 Å². The Bertz CT molecular complexity index is 568. The summed E-state index contributed by atoms with van der Waals surface area (Å²) in [6.45, 7) is -2.97. The van der Waals surface area contributed by atoms with Crippen molar-refractivity contribution < 1.29 is 18.3 Å². The first-order valence-corrected chi connectivity index (χ1v) is 5.19. The van der Waals surface area contributed by atoms with Gasteiger partial charge < -0.3 is 15.2 Å². The highest BCUT2D eigenvalue weighted by Gasteiger charge is 2.11. The van der Waals surface area contributed by atoms with Gasteiger partial charge in [0.2, 0.25) is 5.71 Å². The fourth-order valence-electron chi connectivity index (χ4n) is 1.20. The van der Waals surface area contributed by atoms with Crippen LogP contribution in [0.15, 0.2) is 23.3 Å². The van der Waals surface area contributed by atoms with E-state index in [0.29, 0.717) is 5.69 Å². The zero-order valence-corrected chi connectivity index (χ0v) is 10.4. The summed E-state index contributed by atoms with van der Waals surface area (Å²) in [6, 6.07) is 5.60. The number of hydrazone groups is 1. The minimum absolute atomic E-state index is 0.0619. The van der Waals surface area contributed by atoms with Crippen LogP contribution in [0.1, 0.15) is 0 Å². The van der Waals surface area contributed by atoms with Gasteiger partial charge in [-0.15, -0.1) is 0 Å². The van der Waals surface area contributed by atoms with Crippen molar-refractivity contribution in [1.82, 2.24) is 0 Å². The van der Waals surface area contributed by atoms with E-state index < -0.39 is 12.4 Å². The molecule has 1 aromatic rings. The molecule has 0 atom stereocenters. The van der Waals surface area contributed by atoms with Gasteiger partial charge in [-0.05, 0) is 12.1 Å². The van der Waals surface area contributed by atoms with E-state index in [1.807, 2.05) is 0 Å². The minimum atomic E-state index is -2.97. The third kappa shape index (κ3) is 4.09. The summed E-state index contributed by atoms with van der Waals surface area (Å²) in [4.78, 5) is 0. The lowest BCUT2D eigenvalue weighted by molar-refractivity contribution is -0.0512. The number of ether oxygens (including phenoxy) is 2. The molecule has 0 fully saturated rings. The van der Waals surface area contributed by atoms with E-state index in [0.717, 1.165) is 0 Å². The summed E-state index contributed by atoms with van der Waals surface area (Å²) in [6.07, 6.45) is 0. The van der Waals surface area contributed by atoms with Gasteiger partial charge in [0.15, 0.2) is 17.3 Å². The first-order valence-electron chi connectivity index (χ1n) is 5.19. The number of anilines is 1. The first kappa shape index (κ1) is 15.2. The second-order valence-electron chi connectivity index (χ2n) is 3.34. The zero-order valence-electron chi connectivity index (χ0n) is 10.4. The fraction of sp³-hybridized carbons (Fsp3) is 0.182. The number of methoxy groups -OCH3 is 1. The van der Waals surface area contributed by atoms with Crippen LogP contribution in [-0.4, -0.2) is 25.3 Å². The van der Waals surface area contributed by atoms with Crippen LogP contribution in [0.5, 0.6) is 11.5 Å². The molecule has 106 valence electrons. The van der Waals surface area contributed by atoms with E-state index in [9.17, 15) is 8.78 Å². The van der Waals surface area contributed by atoms with Crippen LogP contribution in [0.2, 0.25) is 0 Å². The molecule has 0 heterocycles. The van der Waals surface area contributed by atoms with Crippen molar-refractivity contribution in [3.63, 3.8) is 0 Å². The van der Waals surface area contributed by atoms with Crippen molar-refractivity contribution in [1.29, 1.82) is 10.7 Å². The third-order valence-corrected chi connectivity index (χ3v) is 2.04. The molecule has 9 heteroatoms. The molecule has 4 N–H and O–H groups in total. The Kier molecular flexibility index (Phi) is 5.22. The predicted octanol–water partition coefficient (Wildman–Crippen LogP) is 1.52. The molecule has 0 saturated carbocycles. The maximum absolute atomic E-state index is 12.1. The van der Waals surface area contributed by atoms with Gasteiger partial charge in [0, 0.05) is 6.07 Å². The van der Waals surface area contributed by atoms with Crippen LogP contribution in [-0.2, 0) is 0 Å². The lowest BCUT2D eigenvalue weighted by Crippen LogP contribution is -2.21. The summed E-state index contributed by atoms with van der Waals surface area (Å²) in [5.41, 5.74) is 7.60. The highest BCUT2D eigenvalue weighted by Crippen LogP contribution is 2.31. The van der Waals surface area contributed by atoms with E-state index in [-0.39, 0.29) is 17.2 Å². The normalized spacial score (nSPS) is 10.8. The molecule has 1 aromatic carbocycles. The maximum Gasteiger partial charge on any atom is 0.387 e. The molecule has 0 aliphatic carbocycles. The largest absolute Gasteiger partial charge is 0.493 e. The lowest BCUT2D eigenvalue weighted by Gasteiger charge is -2.11. The van der Waals surface area contributed by atoms with Crippen molar-refractivity contribution in [3.05, 3.63) is 18.2 Å². The van der Waals surface area contributed by atoms with E-state index >= 15 is 0 Å². The van der Waals surface area contributed by atoms with Crippen LogP contribution in [0.4, 0.5) is 14.5 Å². The van der Waals surface area contributed by atoms with Gasteiger partial charge in [0.25, 0.3) is 0 Å². The van der Waals surface area contributed by atoms with E-state index in [4.69, 9.17) is 21.1 Å². The van der Waals surface area contributed by atoms with Gasteiger partial charge in [-0.1, -0.05) is 0 Å². The van der Waals surface area contributed by atoms with E-state index in [1.165, 1.54) is 25.3 Å². The average Bonchev–Trinajstić information content (AvgIpc) is 2.39. The summed E-state index contributed by atoms with van der Waals surface area (Å²) in [5.74, 6) is -0.569. The molecule has 20 heavy (non-hydrogen) atoms. The molecule has 0 bridgehead atoms. The molecule has 0 unspecified atom stereocenters. The number of halogens is 2. The van der Waals surface area contributed by atoms with Gasteiger partial charge >= 0.3 is 6.61 Å². The average molecular weight is 283 g/mol. The Morgan fingerprint density at radius 2 is 2.20 bits per heavy atom. The third-order valence-electron chi connectivity index (χ3n) is 2.04. The van der Waals surface area contributed by atoms with Gasteiger partial charge in [0.05, 0.1) is 12.8 Å². The second kappa shape index (κ2) is 6.89. The highest BCUT2D eigenvalue weighted by atomic mass is 19.3. The Morgan fingerprint density at radius 3 is 2.70 bits per heavy atom. The van der Waals surface area contributed by atoms with Gasteiger partial charge in [-0.3, -0.25) is 10.8 Å². The van der Waals surface area contributed by atoms with Crippen LogP contribution in [0.3, 0.4) is 0 Å². The summed E-state index contributed by atoms with van der Waals surface area (Å²) < 4.78 is 33.4. The zero-order chi connectivity index (χ0) is 15.1. The quantitative estimate of drug-likeness (QED) is 0.416. The van der Waals surface area contributed by atoms with E-state index in [1.54, 1.807) is 6.07 Å². The number of amidine groups is 1. The lowest BCUT2D eigenvalue weighted by atomic mass is 10.3. The molecule has 0 aliphatic heterocycles. The van der Waals surface area contributed by atoms with Crippen molar-refractivity contribution >= 4 is 17.2 Å². The molecule has 0 radical (unpaired) electrons. The highest BCUT2D eigenvalue weighted by molar-refractivity contribution is 6.45. The predicted molar refractivity (Wildman–Crippen MR) is 68.2 cm³/mol. The number of alkyl halides is 2. The van der Waals surface area contributed by atoms with Gasteiger partial charge in [-0.25, -0.2) is 0 Å². The molecule has 0 spiro atoms. The Morgan fingerprint density at radius 1 is 1.50 bits per heavy atom. The monoisotopic (exact) mass is 283 g/mol. The van der Waals surface area contributed by atoms with Crippen LogP contribution in [0, 0.1) is 16.7 Å². The SMILES string of the molecule is COc1cc(N/N=C(\C#N)C(=N)N)ccc1OC(F)F.